The molecule has 1 fully saturated rings. The number of alkyl halides is 6. The Hall–Kier alpha value is -1.56. The summed E-state index contributed by atoms with van der Waals surface area (Å²) in [6.45, 7) is -1.20. The molecule has 2 atom stereocenters. The van der Waals surface area contributed by atoms with Gasteiger partial charge in [0.1, 0.15) is 0 Å². The van der Waals surface area contributed by atoms with Gasteiger partial charge >= 0.3 is 24.3 Å². The molecule has 122 valence electrons. The number of aliphatic carboxylic acids is 1. The van der Waals surface area contributed by atoms with E-state index in [1.807, 2.05) is 0 Å². The molecule has 1 aliphatic rings. The minimum absolute atomic E-state index is 0.483. The summed E-state index contributed by atoms with van der Waals surface area (Å²) < 4.78 is 79.6. The minimum Gasteiger partial charge on any atom is -0.479 e. The SMILES string of the molecule is COC(=O)C(C)(ON1CC1(C(F)(F)F)C(F)(F)F)C(=O)O. The predicted molar refractivity (Wildman–Crippen MR) is 50.7 cm³/mol. The summed E-state index contributed by atoms with van der Waals surface area (Å²) in [4.78, 5) is 26.3. The van der Waals surface area contributed by atoms with Crippen molar-refractivity contribution in [1.82, 2.24) is 5.06 Å². The fourth-order valence-electron chi connectivity index (χ4n) is 1.48. The summed E-state index contributed by atoms with van der Waals surface area (Å²) >= 11 is 0. The van der Waals surface area contributed by atoms with E-state index in [0.29, 0.717) is 14.0 Å². The highest BCUT2D eigenvalue weighted by Crippen LogP contribution is 2.57. The second kappa shape index (κ2) is 4.73. The van der Waals surface area contributed by atoms with Gasteiger partial charge in [-0.15, -0.1) is 0 Å². The number of esters is 1. The second-order valence-corrected chi connectivity index (χ2v) is 4.31. The van der Waals surface area contributed by atoms with Crippen molar-refractivity contribution in [2.45, 2.75) is 30.4 Å². The Kier molecular flexibility index (Phi) is 3.94. The van der Waals surface area contributed by atoms with Gasteiger partial charge in [0.2, 0.25) is 0 Å². The summed E-state index contributed by atoms with van der Waals surface area (Å²) in [5, 5.41) is 8.13. The lowest BCUT2D eigenvalue weighted by molar-refractivity contribution is -0.319. The van der Waals surface area contributed by atoms with Gasteiger partial charge in [-0.3, -0.25) is 4.84 Å². The molecule has 6 nitrogen and oxygen atoms in total. The number of hydrogen-bond acceptors (Lipinski definition) is 5. The van der Waals surface area contributed by atoms with Crippen molar-refractivity contribution in [3.8, 4) is 0 Å². The first-order chi connectivity index (χ1) is 9.24. The zero-order chi connectivity index (χ0) is 16.9. The molecule has 1 saturated heterocycles. The number of hydroxylamine groups is 2. The number of rotatable bonds is 4. The summed E-state index contributed by atoms with van der Waals surface area (Å²) in [6, 6.07) is 0. The number of ether oxygens (including phenoxy) is 1. The highest BCUT2D eigenvalue weighted by atomic mass is 19.4. The maximum absolute atomic E-state index is 12.6. The smallest absolute Gasteiger partial charge is 0.419 e. The van der Waals surface area contributed by atoms with Crippen LogP contribution in [-0.4, -0.2) is 59.3 Å². The third-order valence-electron chi connectivity index (χ3n) is 2.91. The van der Waals surface area contributed by atoms with Gasteiger partial charge in [0.25, 0.3) is 11.1 Å². The molecule has 0 aromatic heterocycles. The highest BCUT2D eigenvalue weighted by molar-refractivity contribution is 6.02. The van der Waals surface area contributed by atoms with Gasteiger partial charge < -0.3 is 9.84 Å². The van der Waals surface area contributed by atoms with Crippen molar-refractivity contribution in [3.05, 3.63) is 0 Å². The minimum atomic E-state index is -5.76. The standard InChI is InChI=1S/C9H9F6NO5/c1-6(4(17)18,5(19)20-2)21-16-3-7(16,8(10,11)12)9(13,14)15/h3H2,1-2H3,(H,17,18). The molecule has 0 bridgehead atoms. The number of carboxylic acid groups (broad SMARTS) is 1. The van der Waals surface area contributed by atoms with E-state index in [2.05, 4.69) is 9.57 Å². The lowest BCUT2D eigenvalue weighted by atomic mass is 10.1. The molecule has 0 saturated carbocycles. The number of carboxylic acids is 1. The summed E-state index contributed by atoms with van der Waals surface area (Å²) in [5.41, 5.74) is -7.38. The van der Waals surface area contributed by atoms with E-state index in [1.54, 1.807) is 0 Å². The summed E-state index contributed by atoms with van der Waals surface area (Å²) in [7, 11) is 0.704. The fourth-order valence-corrected chi connectivity index (χ4v) is 1.48. The molecule has 0 amide bonds. The number of nitrogens with zero attached hydrogens (tertiary/aromatic N) is 1. The third kappa shape index (κ3) is 2.52. The maximum atomic E-state index is 12.6. The molecule has 1 rings (SSSR count). The van der Waals surface area contributed by atoms with Crippen molar-refractivity contribution in [3.63, 3.8) is 0 Å². The van der Waals surface area contributed by atoms with Gasteiger partial charge in [-0.2, -0.15) is 31.4 Å². The van der Waals surface area contributed by atoms with Crippen molar-refractivity contribution in [1.29, 1.82) is 0 Å². The predicted octanol–water partition coefficient (Wildman–Crippen LogP) is 1.11. The van der Waals surface area contributed by atoms with Crippen LogP contribution in [0.25, 0.3) is 0 Å². The molecule has 0 aromatic carbocycles. The Balaban J connectivity index is 3.10. The first kappa shape index (κ1) is 17.5. The first-order valence-electron chi connectivity index (χ1n) is 5.16. The van der Waals surface area contributed by atoms with E-state index in [9.17, 15) is 35.9 Å². The van der Waals surface area contributed by atoms with Gasteiger partial charge in [0.15, 0.2) is 0 Å². The molecule has 12 heteroatoms. The van der Waals surface area contributed by atoms with Crippen LogP contribution < -0.4 is 0 Å². The number of carbonyl (C=O) groups is 2. The van der Waals surface area contributed by atoms with E-state index < -0.39 is 47.0 Å². The van der Waals surface area contributed by atoms with Crippen molar-refractivity contribution in [2.75, 3.05) is 13.7 Å². The van der Waals surface area contributed by atoms with Crippen LogP contribution in [0.15, 0.2) is 0 Å². The van der Waals surface area contributed by atoms with Crippen LogP contribution in [-0.2, 0) is 19.2 Å². The number of methoxy groups -OCH3 is 1. The summed E-state index contributed by atoms with van der Waals surface area (Å²) in [5.74, 6) is -3.75. The molecule has 1 heterocycles. The number of carbonyl (C=O) groups excluding carboxylic acids is 1. The Morgan fingerprint density at radius 3 is 1.81 bits per heavy atom. The average Bonchev–Trinajstić information content (AvgIpc) is 3.01. The third-order valence-corrected chi connectivity index (χ3v) is 2.91. The summed E-state index contributed by atoms with van der Waals surface area (Å²) in [6.07, 6.45) is -11.5. The van der Waals surface area contributed by atoms with Crippen molar-refractivity contribution >= 4 is 11.9 Å². The fraction of sp³-hybridized carbons (Fsp3) is 0.778. The Morgan fingerprint density at radius 1 is 1.14 bits per heavy atom. The van der Waals surface area contributed by atoms with Crippen LogP contribution in [0, 0.1) is 0 Å². The zero-order valence-electron chi connectivity index (χ0n) is 10.5. The van der Waals surface area contributed by atoms with Crippen LogP contribution in [0.5, 0.6) is 0 Å². The van der Waals surface area contributed by atoms with Gasteiger partial charge in [-0.05, 0) is 6.92 Å². The normalized spacial score (nSPS) is 24.1. The monoisotopic (exact) mass is 325 g/mol. The molecule has 0 radical (unpaired) electrons. The van der Waals surface area contributed by atoms with E-state index in [0.717, 1.165) is 0 Å². The molecule has 1 aliphatic heterocycles. The number of hydrogen-bond donors (Lipinski definition) is 1. The molecule has 0 aromatic rings. The lowest BCUT2D eigenvalue weighted by Crippen LogP contribution is -2.54. The molecular weight excluding hydrogens is 316 g/mol. The zero-order valence-corrected chi connectivity index (χ0v) is 10.5. The molecule has 0 spiro atoms. The largest absolute Gasteiger partial charge is 0.479 e. The highest BCUT2D eigenvalue weighted by Gasteiger charge is 2.85. The lowest BCUT2D eigenvalue weighted by Gasteiger charge is -2.27. The van der Waals surface area contributed by atoms with E-state index >= 15 is 0 Å². The van der Waals surface area contributed by atoms with Gasteiger partial charge in [0, 0.05) is 0 Å². The number of halogens is 6. The van der Waals surface area contributed by atoms with E-state index in [1.165, 1.54) is 0 Å². The molecular formula is C9H9F6NO5. The maximum Gasteiger partial charge on any atom is 0.419 e. The van der Waals surface area contributed by atoms with Crippen LogP contribution >= 0.6 is 0 Å². The molecule has 21 heavy (non-hydrogen) atoms. The van der Waals surface area contributed by atoms with Gasteiger partial charge in [-0.25, -0.2) is 9.59 Å². The quantitative estimate of drug-likeness (QED) is 0.361. The first-order valence-corrected chi connectivity index (χ1v) is 5.16. The van der Waals surface area contributed by atoms with Crippen molar-refractivity contribution in [2.24, 2.45) is 0 Å². The average molecular weight is 325 g/mol. The second-order valence-electron chi connectivity index (χ2n) is 4.31. The van der Waals surface area contributed by atoms with Crippen LogP contribution in [0.1, 0.15) is 6.92 Å². The topological polar surface area (TPSA) is 75.8 Å². The van der Waals surface area contributed by atoms with Crippen LogP contribution in [0.4, 0.5) is 26.3 Å². The van der Waals surface area contributed by atoms with Crippen LogP contribution in [0.2, 0.25) is 0 Å². The molecule has 1 N–H and O–H groups in total. The Labute approximate surface area is 113 Å². The molecule has 0 aliphatic carbocycles. The molecule has 2 unspecified atom stereocenters. The Bertz CT molecular complexity index is 447. The Morgan fingerprint density at radius 2 is 1.57 bits per heavy atom. The van der Waals surface area contributed by atoms with Gasteiger partial charge in [-0.1, -0.05) is 0 Å². The van der Waals surface area contributed by atoms with Crippen molar-refractivity contribution < 1.29 is 50.6 Å². The van der Waals surface area contributed by atoms with E-state index in [-0.39, 0.29) is 0 Å². The van der Waals surface area contributed by atoms with E-state index in [4.69, 9.17) is 5.11 Å². The van der Waals surface area contributed by atoms with Crippen LogP contribution in [0.3, 0.4) is 0 Å². The van der Waals surface area contributed by atoms with Gasteiger partial charge in [0.05, 0.1) is 13.7 Å².